The van der Waals surface area contributed by atoms with Crippen LogP contribution in [0, 0.1) is 25.7 Å². The summed E-state index contributed by atoms with van der Waals surface area (Å²) in [7, 11) is 0. The number of fused-ring (bicyclic) bond motifs is 1. The normalized spacial score (nSPS) is 19.8. The third-order valence-corrected chi connectivity index (χ3v) is 7.29. The predicted molar refractivity (Wildman–Crippen MR) is 145 cm³/mol. The van der Waals surface area contributed by atoms with Crippen molar-refractivity contribution in [3.05, 3.63) is 23.5 Å². The fourth-order valence-electron chi connectivity index (χ4n) is 5.08. The van der Waals surface area contributed by atoms with Gasteiger partial charge in [-0.15, -0.1) is 12.4 Å². The van der Waals surface area contributed by atoms with E-state index < -0.39 is 5.60 Å². The minimum atomic E-state index is -0.681. The number of aryl methyl sites for hydroxylation is 2. The molecule has 3 aromatic rings. The molecule has 0 aliphatic heterocycles. The van der Waals surface area contributed by atoms with Gasteiger partial charge in [0.25, 0.3) is 0 Å². The Labute approximate surface area is 219 Å². The van der Waals surface area contributed by atoms with Gasteiger partial charge in [0.1, 0.15) is 11.6 Å². The van der Waals surface area contributed by atoms with Gasteiger partial charge >= 0.3 is 0 Å². The molecule has 2 saturated carbocycles. The van der Waals surface area contributed by atoms with Gasteiger partial charge in [0, 0.05) is 24.0 Å². The van der Waals surface area contributed by atoms with Crippen LogP contribution in [-0.4, -0.2) is 44.9 Å². The van der Waals surface area contributed by atoms with Crippen molar-refractivity contribution in [2.45, 2.75) is 78.4 Å². The Hall–Kier alpha value is -2.58. The van der Waals surface area contributed by atoms with Crippen molar-refractivity contribution in [3.63, 3.8) is 0 Å². The number of nitrogens with zero attached hydrogens (tertiary/aromatic N) is 3. The van der Waals surface area contributed by atoms with Gasteiger partial charge in [-0.25, -0.2) is 9.97 Å². The molecule has 0 aromatic carbocycles. The van der Waals surface area contributed by atoms with Gasteiger partial charge in [-0.2, -0.15) is 4.98 Å². The van der Waals surface area contributed by atoms with Crippen LogP contribution in [0.15, 0.2) is 16.5 Å². The summed E-state index contributed by atoms with van der Waals surface area (Å²) in [6.07, 6.45) is 5.42. The summed E-state index contributed by atoms with van der Waals surface area (Å²) in [5.74, 6) is 3.71. The minimum absolute atomic E-state index is 0. The van der Waals surface area contributed by atoms with Crippen molar-refractivity contribution in [1.29, 1.82) is 0 Å². The lowest BCUT2D eigenvalue weighted by molar-refractivity contribution is 0.0197. The molecule has 0 bridgehead atoms. The topological polar surface area (TPSA) is 105 Å². The maximum Gasteiger partial charge on any atom is 0.224 e. The Morgan fingerprint density at radius 1 is 1.08 bits per heavy atom. The molecule has 8 nitrogen and oxygen atoms in total. The highest BCUT2D eigenvalue weighted by molar-refractivity contribution is 5.88. The molecule has 36 heavy (non-hydrogen) atoms. The number of anilines is 2. The van der Waals surface area contributed by atoms with Crippen LogP contribution in [0.25, 0.3) is 22.3 Å². The summed E-state index contributed by atoms with van der Waals surface area (Å²) in [5.41, 5.74) is 2.57. The highest BCUT2D eigenvalue weighted by atomic mass is 35.5. The van der Waals surface area contributed by atoms with Crippen LogP contribution in [0.1, 0.15) is 64.3 Å². The monoisotopic (exact) mass is 515 g/mol. The van der Waals surface area contributed by atoms with Crippen LogP contribution in [0.2, 0.25) is 0 Å². The first kappa shape index (κ1) is 26.5. The number of pyridine rings is 1. The molecular formula is C27H38ClN5O3. The molecular weight excluding hydrogens is 478 g/mol. The van der Waals surface area contributed by atoms with Crippen LogP contribution >= 0.6 is 12.4 Å². The summed E-state index contributed by atoms with van der Waals surface area (Å²) in [6, 6.07) is 4.17. The molecule has 2 aliphatic carbocycles. The molecule has 9 heteroatoms. The van der Waals surface area contributed by atoms with E-state index in [0.717, 1.165) is 65.5 Å². The van der Waals surface area contributed by atoms with Gasteiger partial charge in [0.2, 0.25) is 11.8 Å². The van der Waals surface area contributed by atoms with Crippen LogP contribution in [-0.2, 0) is 0 Å². The first-order valence-electron chi connectivity index (χ1n) is 12.9. The molecule has 2 unspecified atom stereocenters. The summed E-state index contributed by atoms with van der Waals surface area (Å²) in [6.45, 7) is 11.2. The molecule has 0 amide bonds. The largest absolute Gasteiger partial charge is 0.478 e. The molecule has 3 heterocycles. The Balaban J connectivity index is 0.00000304. The zero-order chi connectivity index (χ0) is 24.7. The third-order valence-electron chi connectivity index (χ3n) is 7.29. The van der Waals surface area contributed by atoms with Crippen molar-refractivity contribution in [1.82, 2.24) is 15.0 Å². The van der Waals surface area contributed by atoms with Crippen molar-refractivity contribution in [3.8, 4) is 17.2 Å². The van der Waals surface area contributed by atoms with E-state index >= 15 is 0 Å². The smallest absolute Gasteiger partial charge is 0.224 e. The molecule has 2 atom stereocenters. The first-order valence-corrected chi connectivity index (χ1v) is 12.9. The zero-order valence-corrected chi connectivity index (χ0v) is 22.7. The second-order valence-corrected chi connectivity index (χ2v) is 10.7. The summed E-state index contributed by atoms with van der Waals surface area (Å²) in [4.78, 5) is 14.2. The molecule has 196 valence electrons. The fraction of sp³-hybridized carbons (Fsp3) is 0.593. The molecule has 2 aliphatic rings. The van der Waals surface area contributed by atoms with Gasteiger partial charge in [-0.1, -0.05) is 0 Å². The van der Waals surface area contributed by atoms with Crippen LogP contribution < -0.4 is 15.4 Å². The van der Waals surface area contributed by atoms with E-state index in [1.54, 1.807) is 0 Å². The lowest BCUT2D eigenvalue weighted by Gasteiger charge is -2.25. The Morgan fingerprint density at radius 3 is 2.53 bits per heavy atom. The SMILES string of the molecule is CCOc1cc2cc(-c3c(C)nc(NCC4CC4)nc3NC3CCC(C(C)(C)O)C3)oc2c(C)n1.Cl. The van der Waals surface area contributed by atoms with E-state index in [4.69, 9.17) is 19.1 Å². The zero-order valence-electron chi connectivity index (χ0n) is 21.9. The molecule has 2 fully saturated rings. The number of aliphatic hydroxyl groups is 1. The van der Waals surface area contributed by atoms with Crippen molar-refractivity contribution < 1.29 is 14.3 Å². The highest BCUT2D eigenvalue weighted by Crippen LogP contribution is 2.40. The second-order valence-electron chi connectivity index (χ2n) is 10.7. The van der Waals surface area contributed by atoms with Crippen molar-refractivity contribution in [2.24, 2.45) is 11.8 Å². The lowest BCUT2D eigenvalue weighted by Crippen LogP contribution is -2.30. The van der Waals surface area contributed by atoms with Gasteiger partial charge in [0.15, 0.2) is 5.58 Å². The number of hydrogen-bond acceptors (Lipinski definition) is 8. The van der Waals surface area contributed by atoms with Gasteiger partial charge < -0.3 is 24.9 Å². The summed E-state index contributed by atoms with van der Waals surface area (Å²) >= 11 is 0. The third kappa shape index (κ3) is 5.70. The lowest BCUT2D eigenvalue weighted by atomic mass is 9.89. The first-order chi connectivity index (χ1) is 16.7. The standard InChI is InChI=1S/C27H37N5O3.ClH/c1-6-34-22-12-18-11-21(35-24(18)16(3)29-22)23-15(2)30-26(28-14-17-7-8-17)32-25(23)31-20-10-9-19(13-20)27(4,5)33;/h11-12,17,19-20,33H,6-10,13-14H2,1-5H3,(H2,28,30,31,32);1H. The highest BCUT2D eigenvalue weighted by Gasteiger charge is 2.35. The van der Waals surface area contributed by atoms with Crippen LogP contribution in [0.3, 0.4) is 0 Å². The fourth-order valence-corrected chi connectivity index (χ4v) is 5.08. The van der Waals surface area contributed by atoms with Crippen LogP contribution in [0.5, 0.6) is 5.88 Å². The number of halogens is 1. The van der Waals surface area contributed by atoms with E-state index in [0.29, 0.717) is 24.2 Å². The maximum atomic E-state index is 10.5. The van der Waals surface area contributed by atoms with Crippen molar-refractivity contribution >= 4 is 35.1 Å². The molecule has 0 spiro atoms. The quantitative estimate of drug-likeness (QED) is 0.323. The van der Waals surface area contributed by atoms with E-state index in [1.807, 2.05) is 46.8 Å². The second kappa shape index (κ2) is 10.4. The Bertz CT molecular complexity index is 1220. The van der Waals surface area contributed by atoms with Gasteiger partial charge in [0.05, 0.1) is 29.2 Å². The molecule has 0 radical (unpaired) electrons. The average Bonchev–Trinajstić information content (AvgIpc) is 3.31. The van der Waals surface area contributed by atoms with Crippen molar-refractivity contribution in [2.75, 3.05) is 23.8 Å². The minimum Gasteiger partial charge on any atom is -0.478 e. The number of aromatic nitrogens is 3. The van der Waals surface area contributed by atoms with E-state index in [9.17, 15) is 5.11 Å². The molecule has 0 saturated heterocycles. The van der Waals surface area contributed by atoms with E-state index in [-0.39, 0.29) is 24.4 Å². The number of nitrogens with one attached hydrogen (secondary N) is 2. The van der Waals surface area contributed by atoms with Crippen LogP contribution in [0.4, 0.5) is 11.8 Å². The maximum absolute atomic E-state index is 10.5. The predicted octanol–water partition coefficient (Wildman–Crippen LogP) is 5.90. The molecule has 3 aromatic heterocycles. The Kier molecular flexibility index (Phi) is 7.67. The van der Waals surface area contributed by atoms with E-state index in [1.165, 1.54) is 12.8 Å². The van der Waals surface area contributed by atoms with E-state index in [2.05, 4.69) is 15.6 Å². The molecule has 5 rings (SSSR count). The number of rotatable bonds is 9. The number of ether oxygens (including phenoxy) is 1. The number of hydrogen-bond donors (Lipinski definition) is 3. The average molecular weight is 516 g/mol. The Morgan fingerprint density at radius 2 is 1.86 bits per heavy atom. The summed E-state index contributed by atoms with van der Waals surface area (Å²) < 4.78 is 12.0. The number of furan rings is 1. The summed E-state index contributed by atoms with van der Waals surface area (Å²) in [5, 5.41) is 18.6. The van der Waals surface area contributed by atoms with Gasteiger partial charge in [-0.3, -0.25) is 0 Å². The molecule has 3 N–H and O–H groups in total. The van der Waals surface area contributed by atoms with Gasteiger partial charge in [-0.05, 0) is 84.6 Å².